The molecule has 0 spiro atoms. The molecule has 2 atom stereocenters. The highest BCUT2D eigenvalue weighted by Crippen LogP contribution is 2.30. The molecule has 1 aliphatic rings. The Morgan fingerprint density at radius 1 is 1.42 bits per heavy atom. The second kappa shape index (κ2) is 6.45. The molecule has 1 aromatic rings. The molecule has 6 nitrogen and oxygen atoms in total. The predicted molar refractivity (Wildman–Crippen MR) is 72.9 cm³/mol. The van der Waals surface area contributed by atoms with Gasteiger partial charge in [0.25, 0.3) is 0 Å². The summed E-state index contributed by atoms with van der Waals surface area (Å²) >= 11 is 0. The largest absolute Gasteiger partial charge is 0.354 e. The summed E-state index contributed by atoms with van der Waals surface area (Å²) in [4.78, 5) is 17.8. The molecular weight excluding hydrogens is 244 g/mol. The van der Waals surface area contributed by atoms with Crippen LogP contribution >= 0.6 is 0 Å². The lowest BCUT2D eigenvalue weighted by atomic mass is 9.81. The van der Waals surface area contributed by atoms with E-state index in [1.807, 2.05) is 0 Å². The Kier molecular flexibility index (Phi) is 4.65. The van der Waals surface area contributed by atoms with Crippen molar-refractivity contribution in [2.75, 3.05) is 11.9 Å². The van der Waals surface area contributed by atoms with E-state index in [1.54, 1.807) is 0 Å². The van der Waals surface area contributed by atoms with Gasteiger partial charge in [0.1, 0.15) is 12.4 Å². The van der Waals surface area contributed by atoms with Crippen LogP contribution in [0.25, 0.3) is 0 Å². The Labute approximate surface area is 112 Å². The maximum atomic E-state index is 10.5. The van der Waals surface area contributed by atoms with Gasteiger partial charge in [-0.2, -0.15) is 0 Å². The summed E-state index contributed by atoms with van der Waals surface area (Å²) in [5.74, 6) is 2.10. The summed E-state index contributed by atoms with van der Waals surface area (Å²) in [6.45, 7) is 3.15. The molecule has 1 aliphatic carbocycles. The summed E-state index contributed by atoms with van der Waals surface area (Å²) in [7, 11) is 0. The van der Waals surface area contributed by atoms with E-state index in [-0.39, 0.29) is 5.69 Å². The number of nitrogens with zero attached hydrogens (tertiary/aromatic N) is 3. The monoisotopic (exact) mass is 264 g/mol. The molecule has 19 heavy (non-hydrogen) atoms. The molecule has 0 aliphatic heterocycles. The smallest absolute Gasteiger partial charge is 0.305 e. The highest BCUT2D eigenvalue weighted by atomic mass is 16.6. The van der Waals surface area contributed by atoms with Gasteiger partial charge in [-0.3, -0.25) is 10.1 Å². The molecule has 104 valence electrons. The molecule has 2 rings (SSSR count). The van der Waals surface area contributed by atoms with Gasteiger partial charge in [0, 0.05) is 6.54 Å². The van der Waals surface area contributed by atoms with Crippen LogP contribution in [0.3, 0.4) is 0 Å². The zero-order valence-corrected chi connectivity index (χ0v) is 11.2. The first kappa shape index (κ1) is 13.7. The van der Waals surface area contributed by atoms with E-state index in [4.69, 9.17) is 0 Å². The first-order chi connectivity index (χ1) is 9.15. The summed E-state index contributed by atoms with van der Waals surface area (Å²) in [5.41, 5.74) is -0.0772. The Hall–Kier alpha value is -1.72. The number of anilines is 1. The van der Waals surface area contributed by atoms with E-state index >= 15 is 0 Å². The zero-order chi connectivity index (χ0) is 13.7. The third-order valence-corrected chi connectivity index (χ3v) is 3.73. The van der Waals surface area contributed by atoms with Crippen molar-refractivity contribution in [2.45, 2.75) is 39.0 Å². The average Bonchev–Trinajstić information content (AvgIpc) is 2.39. The molecule has 2 unspecified atom stereocenters. The van der Waals surface area contributed by atoms with Gasteiger partial charge in [0.15, 0.2) is 0 Å². The van der Waals surface area contributed by atoms with Crippen molar-refractivity contribution in [2.24, 2.45) is 11.8 Å². The molecule has 1 fully saturated rings. The minimum Gasteiger partial charge on any atom is -0.354 e. The van der Waals surface area contributed by atoms with E-state index in [9.17, 15) is 10.1 Å². The van der Waals surface area contributed by atoms with E-state index < -0.39 is 4.92 Å². The molecule has 0 saturated heterocycles. The fraction of sp³-hybridized carbons (Fsp3) is 0.692. The van der Waals surface area contributed by atoms with Crippen LogP contribution in [0, 0.1) is 22.0 Å². The van der Waals surface area contributed by atoms with E-state index in [1.165, 1.54) is 38.1 Å². The SMILES string of the molecule is CC1CCCC(CCNc2ncc([N+](=O)[O-])cn2)C1. The van der Waals surface area contributed by atoms with Gasteiger partial charge >= 0.3 is 5.69 Å². The summed E-state index contributed by atoms with van der Waals surface area (Å²) in [5, 5.41) is 13.6. The molecule has 0 amide bonds. The highest BCUT2D eigenvalue weighted by Gasteiger charge is 2.18. The normalized spacial score (nSPS) is 23.0. The fourth-order valence-electron chi connectivity index (χ4n) is 2.72. The third-order valence-electron chi connectivity index (χ3n) is 3.73. The molecule has 0 radical (unpaired) electrons. The van der Waals surface area contributed by atoms with Gasteiger partial charge in [-0.1, -0.05) is 26.2 Å². The third kappa shape index (κ3) is 4.15. The summed E-state index contributed by atoms with van der Waals surface area (Å²) in [6, 6.07) is 0. The molecule has 0 bridgehead atoms. The lowest BCUT2D eigenvalue weighted by Crippen LogP contribution is -2.17. The highest BCUT2D eigenvalue weighted by molar-refractivity contribution is 5.30. The minimum absolute atomic E-state index is 0.0772. The molecule has 1 heterocycles. The number of hydrogen-bond donors (Lipinski definition) is 1. The molecule has 1 N–H and O–H groups in total. The van der Waals surface area contributed by atoms with Gasteiger partial charge < -0.3 is 5.32 Å². The van der Waals surface area contributed by atoms with Crippen molar-refractivity contribution in [3.05, 3.63) is 22.5 Å². The van der Waals surface area contributed by atoms with Crippen LogP contribution in [0.1, 0.15) is 39.0 Å². The van der Waals surface area contributed by atoms with Gasteiger partial charge in [0.2, 0.25) is 5.95 Å². The Bertz CT molecular complexity index is 421. The van der Waals surface area contributed by atoms with Crippen LogP contribution in [-0.4, -0.2) is 21.4 Å². The second-order valence-electron chi connectivity index (χ2n) is 5.38. The van der Waals surface area contributed by atoms with Crippen LogP contribution in [0.2, 0.25) is 0 Å². The number of rotatable bonds is 5. The van der Waals surface area contributed by atoms with Crippen molar-refractivity contribution < 1.29 is 4.92 Å². The minimum atomic E-state index is -0.493. The number of hydrogen-bond acceptors (Lipinski definition) is 5. The Balaban J connectivity index is 1.74. The van der Waals surface area contributed by atoms with Crippen LogP contribution in [0.15, 0.2) is 12.4 Å². The molecule has 1 aromatic heterocycles. The second-order valence-corrected chi connectivity index (χ2v) is 5.38. The van der Waals surface area contributed by atoms with Crippen LogP contribution in [-0.2, 0) is 0 Å². The van der Waals surface area contributed by atoms with Gasteiger partial charge in [-0.15, -0.1) is 0 Å². The number of nitrogens with one attached hydrogen (secondary N) is 1. The quantitative estimate of drug-likeness (QED) is 0.653. The van der Waals surface area contributed by atoms with Crippen LogP contribution < -0.4 is 5.32 Å². The van der Waals surface area contributed by atoms with E-state index in [2.05, 4.69) is 22.2 Å². The van der Waals surface area contributed by atoms with E-state index in [0.29, 0.717) is 5.95 Å². The first-order valence-corrected chi connectivity index (χ1v) is 6.85. The van der Waals surface area contributed by atoms with Crippen molar-refractivity contribution in [1.82, 2.24) is 9.97 Å². The standard InChI is InChI=1S/C13H20N4O2/c1-10-3-2-4-11(7-10)5-6-14-13-15-8-12(9-16-13)17(18)19/h8-11H,2-7H2,1H3,(H,14,15,16). The molecule has 1 saturated carbocycles. The maximum absolute atomic E-state index is 10.5. The average molecular weight is 264 g/mol. The van der Waals surface area contributed by atoms with Crippen LogP contribution in [0.4, 0.5) is 11.6 Å². The Morgan fingerprint density at radius 3 is 2.79 bits per heavy atom. The number of aromatic nitrogens is 2. The molecule has 6 heteroatoms. The van der Waals surface area contributed by atoms with Gasteiger partial charge in [-0.25, -0.2) is 9.97 Å². The maximum Gasteiger partial charge on any atom is 0.305 e. The summed E-state index contributed by atoms with van der Waals surface area (Å²) < 4.78 is 0. The fourth-order valence-corrected chi connectivity index (χ4v) is 2.72. The molecular formula is C13H20N4O2. The van der Waals surface area contributed by atoms with Crippen molar-refractivity contribution in [1.29, 1.82) is 0 Å². The molecule has 0 aromatic carbocycles. The van der Waals surface area contributed by atoms with E-state index in [0.717, 1.165) is 24.8 Å². The first-order valence-electron chi connectivity index (χ1n) is 6.85. The topological polar surface area (TPSA) is 81.0 Å². The lowest BCUT2D eigenvalue weighted by Gasteiger charge is -2.26. The van der Waals surface area contributed by atoms with Gasteiger partial charge in [-0.05, 0) is 24.7 Å². The predicted octanol–water partition coefficient (Wildman–Crippen LogP) is 3.01. The van der Waals surface area contributed by atoms with Crippen molar-refractivity contribution in [3.63, 3.8) is 0 Å². The zero-order valence-electron chi connectivity index (χ0n) is 11.2. The Morgan fingerprint density at radius 2 is 2.16 bits per heavy atom. The lowest BCUT2D eigenvalue weighted by molar-refractivity contribution is -0.385. The van der Waals surface area contributed by atoms with Crippen molar-refractivity contribution >= 4 is 11.6 Å². The summed E-state index contributed by atoms with van der Waals surface area (Å²) in [6.07, 6.45) is 8.89. The van der Waals surface area contributed by atoms with Crippen molar-refractivity contribution in [3.8, 4) is 0 Å². The number of nitro groups is 1. The van der Waals surface area contributed by atoms with Crippen LogP contribution in [0.5, 0.6) is 0 Å². The van der Waals surface area contributed by atoms with Gasteiger partial charge in [0.05, 0.1) is 4.92 Å².